The van der Waals surface area contributed by atoms with Gasteiger partial charge in [-0.2, -0.15) is 0 Å². The average Bonchev–Trinajstić information content (AvgIpc) is 3.37. The summed E-state index contributed by atoms with van der Waals surface area (Å²) >= 11 is 0. The van der Waals surface area contributed by atoms with Crippen LogP contribution in [0.15, 0.2) is 48.8 Å². The number of nitrogen functional groups attached to an aromatic ring is 1. The Kier molecular flexibility index (Phi) is 4.59. The molecule has 0 saturated carbocycles. The smallest absolute Gasteiger partial charge is 0.337 e. The van der Waals surface area contributed by atoms with Crippen molar-refractivity contribution in [2.45, 2.75) is 12.5 Å². The fourth-order valence-electron chi connectivity index (χ4n) is 4.65. The Balaban J connectivity index is 1.78. The quantitative estimate of drug-likeness (QED) is 0.291. The molecule has 0 radical (unpaired) electrons. The van der Waals surface area contributed by atoms with Crippen LogP contribution in [0.3, 0.4) is 0 Å². The molecule has 1 aliphatic rings. The van der Waals surface area contributed by atoms with Crippen LogP contribution in [0.1, 0.15) is 21.5 Å². The number of hydrogen-bond acceptors (Lipinski definition) is 6. The van der Waals surface area contributed by atoms with Crippen LogP contribution < -0.4 is 11.1 Å². The molecule has 8 nitrogen and oxygen atoms in total. The van der Waals surface area contributed by atoms with Crippen LogP contribution in [0.2, 0.25) is 0 Å². The number of methoxy groups -OCH3 is 1. The molecular formula is C24H24N4O4. The minimum Gasteiger partial charge on any atom is -0.465 e. The van der Waals surface area contributed by atoms with Crippen molar-refractivity contribution in [3.63, 3.8) is 0 Å². The number of benzene rings is 2. The Morgan fingerprint density at radius 1 is 0.938 bits per heavy atom. The number of carbonyl (C=O) groups excluding carboxylic acids is 1. The van der Waals surface area contributed by atoms with Gasteiger partial charge < -0.3 is 29.8 Å². The van der Waals surface area contributed by atoms with Gasteiger partial charge in [0.1, 0.15) is 12.5 Å². The maximum Gasteiger partial charge on any atom is 0.337 e. The Morgan fingerprint density at radius 2 is 1.47 bits per heavy atom. The highest BCUT2D eigenvalue weighted by Crippen LogP contribution is 2.41. The van der Waals surface area contributed by atoms with Crippen LogP contribution in [0.4, 0.5) is 5.69 Å². The first-order valence-corrected chi connectivity index (χ1v) is 10.2. The van der Waals surface area contributed by atoms with Crippen LogP contribution in [0, 0.1) is 0 Å². The maximum atomic E-state index is 12.0. The second kappa shape index (κ2) is 7.23. The number of nitrogens with two attached hydrogens (primary N) is 1. The van der Waals surface area contributed by atoms with E-state index in [0.717, 1.165) is 32.9 Å². The van der Waals surface area contributed by atoms with Gasteiger partial charge in [0.05, 0.1) is 18.2 Å². The zero-order chi connectivity index (χ0) is 22.7. The minimum absolute atomic E-state index is 0.414. The third-order valence-corrected chi connectivity index (χ3v) is 6.16. The monoisotopic (exact) mass is 432 g/mol. The Hall–Kier alpha value is -3.59. The summed E-state index contributed by atoms with van der Waals surface area (Å²) in [5, 5.41) is 26.4. The van der Waals surface area contributed by atoms with Gasteiger partial charge in [0.15, 0.2) is 0 Å². The number of nitrogens with one attached hydrogen (secondary N) is 1. The molecule has 2 unspecified atom stereocenters. The third-order valence-electron chi connectivity index (χ3n) is 6.16. The Bertz CT molecular complexity index is 1430. The second-order valence-corrected chi connectivity index (χ2v) is 8.11. The summed E-state index contributed by atoms with van der Waals surface area (Å²) in [5.41, 5.74) is 11.6. The van der Waals surface area contributed by atoms with Gasteiger partial charge >= 0.3 is 5.97 Å². The first-order chi connectivity index (χ1) is 15.3. The molecule has 32 heavy (non-hydrogen) atoms. The standard InChI is InChI=1S/C24H24N4O4/c1-27-10-16(14-6-4-12(8-18(14)27)24(31)32-3)20-21(23(30)26-22(20)29)17-11-28(2)19-9-13(25)5-7-15(17)19/h4-11,22-23,26,29-30H,25H2,1-3H3. The number of aryl methyl sites for hydroxylation is 2. The van der Waals surface area contributed by atoms with Gasteiger partial charge in [-0.1, -0.05) is 12.1 Å². The normalized spacial score (nSPS) is 18.8. The summed E-state index contributed by atoms with van der Waals surface area (Å²) in [7, 11) is 5.14. The molecule has 0 amide bonds. The topological polar surface area (TPSA) is 115 Å². The van der Waals surface area contributed by atoms with Crippen molar-refractivity contribution in [3.05, 3.63) is 65.5 Å². The average molecular weight is 432 g/mol. The van der Waals surface area contributed by atoms with Crippen LogP contribution in [-0.2, 0) is 18.8 Å². The summed E-state index contributed by atoms with van der Waals surface area (Å²) in [6, 6.07) is 10.9. The number of ether oxygens (including phenoxy) is 1. The van der Waals surface area contributed by atoms with Crippen molar-refractivity contribution in [1.82, 2.24) is 14.5 Å². The number of anilines is 1. The zero-order valence-corrected chi connectivity index (χ0v) is 18.0. The lowest BCUT2D eigenvalue weighted by molar-refractivity contribution is 0.0601. The molecule has 8 heteroatoms. The predicted octanol–water partition coefficient (Wildman–Crippen LogP) is 2.19. The van der Waals surface area contributed by atoms with Crippen molar-refractivity contribution in [1.29, 1.82) is 0 Å². The largest absolute Gasteiger partial charge is 0.465 e. The molecule has 2 aromatic heterocycles. The van der Waals surface area contributed by atoms with Crippen LogP contribution in [-0.4, -0.2) is 44.9 Å². The summed E-state index contributed by atoms with van der Waals surface area (Å²) in [4.78, 5) is 12.0. The fourth-order valence-corrected chi connectivity index (χ4v) is 4.65. The van der Waals surface area contributed by atoms with Crippen LogP contribution in [0.5, 0.6) is 0 Å². The van der Waals surface area contributed by atoms with E-state index in [9.17, 15) is 15.0 Å². The Morgan fingerprint density at radius 3 is 2.03 bits per heavy atom. The van der Waals surface area contributed by atoms with E-state index in [4.69, 9.17) is 10.5 Å². The maximum absolute atomic E-state index is 12.0. The summed E-state index contributed by atoms with van der Waals surface area (Å²) in [5.74, 6) is -0.414. The number of aromatic nitrogens is 2. The number of aliphatic hydroxyl groups excluding tert-OH is 2. The van der Waals surface area contributed by atoms with Crippen molar-refractivity contribution in [2.24, 2.45) is 14.1 Å². The predicted molar refractivity (Wildman–Crippen MR) is 124 cm³/mol. The van der Waals surface area contributed by atoms with E-state index in [2.05, 4.69) is 5.32 Å². The van der Waals surface area contributed by atoms with Gasteiger partial charge in [0, 0.05) is 70.7 Å². The lowest BCUT2D eigenvalue weighted by Crippen LogP contribution is -2.31. The lowest BCUT2D eigenvalue weighted by Gasteiger charge is -2.10. The molecule has 0 aliphatic carbocycles. The van der Waals surface area contributed by atoms with E-state index < -0.39 is 18.4 Å². The summed E-state index contributed by atoms with van der Waals surface area (Å²) in [6.45, 7) is 0. The van der Waals surface area contributed by atoms with E-state index in [1.165, 1.54) is 7.11 Å². The van der Waals surface area contributed by atoms with Crippen LogP contribution in [0.25, 0.3) is 33.0 Å². The second-order valence-electron chi connectivity index (χ2n) is 8.11. The van der Waals surface area contributed by atoms with Gasteiger partial charge in [-0.15, -0.1) is 0 Å². The highest BCUT2D eigenvalue weighted by Gasteiger charge is 2.35. The highest BCUT2D eigenvalue weighted by molar-refractivity contribution is 6.09. The molecule has 164 valence electrons. The van der Waals surface area contributed by atoms with Crippen LogP contribution >= 0.6 is 0 Å². The summed E-state index contributed by atoms with van der Waals surface area (Å²) < 4.78 is 8.68. The third kappa shape index (κ3) is 2.92. The van der Waals surface area contributed by atoms with Gasteiger partial charge in [-0.25, -0.2) is 4.79 Å². The van der Waals surface area contributed by atoms with Crippen molar-refractivity contribution in [3.8, 4) is 0 Å². The number of aliphatic hydroxyl groups is 2. The number of nitrogens with zero attached hydrogens (tertiary/aromatic N) is 2. The molecule has 3 heterocycles. The molecule has 0 bridgehead atoms. The summed E-state index contributed by atoms with van der Waals surface area (Å²) in [6.07, 6.45) is 1.72. The molecule has 0 fully saturated rings. The van der Waals surface area contributed by atoms with Gasteiger partial charge in [0.25, 0.3) is 0 Å². The lowest BCUT2D eigenvalue weighted by atomic mass is 9.94. The first kappa shape index (κ1) is 20.3. The fraction of sp³-hybridized carbons (Fsp3) is 0.208. The molecule has 5 rings (SSSR count). The SMILES string of the molecule is COC(=O)c1ccc2c(C3=C(c4cn(C)c5cc(N)ccc45)C(O)NC3O)cn(C)c2c1. The molecule has 4 aromatic rings. The minimum atomic E-state index is -1.06. The van der Waals surface area contributed by atoms with E-state index in [1.807, 2.05) is 59.9 Å². The number of hydrogen-bond donors (Lipinski definition) is 4. The zero-order valence-electron chi connectivity index (χ0n) is 18.0. The van der Waals surface area contributed by atoms with Gasteiger partial charge in [-0.3, -0.25) is 5.32 Å². The number of fused-ring (bicyclic) bond motifs is 2. The van der Waals surface area contributed by atoms with Crippen molar-refractivity contribution in [2.75, 3.05) is 12.8 Å². The van der Waals surface area contributed by atoms with Gasteiger partial charge in [-0.05, 0) is 24.3 Å². The molecule has 2 aromatic carbocycles. The molecule has 2 atom stereocenters. The van der Waals surface area contributed by atoms with E-state index >= 15 is 0 Å². The number of esters is 1. The molecule has 0 saturated heterocycles. The first-order valence-electron chi connectivity index (χ1n) is 10.2. The molecule has 0 spiro atoms. The Labute approximate surface area is 184 Å². The molecular weight excluding hydrogens is 408 g/mol. The number of carbonyl (C=O) groups is 1. The van der Waals surface area contributed by atoms with E-state index in [-0.39, 0.29) is 0 Å². The van der Waals surface area contributed by atoms with Gasteiger partial charge in [0.2, 0.25) is 0 Å². The van der Waals surface area contributed by atoms with Crippen molar-refractivity contribution < 1.29 is 19.7 Å². The molecule has 1 aliphatic heterocycles. The van der Waals surface area contributed by atoms with E-state index in [0.29, 0.717) is 22.4 Å². The molecule has 5 N–H and O–H groups in total. The van der Waals surface area contributed by atoms with Crippen molar-refractivity contribution >= 4 is 44.6 Å². The van der Waals surface area contributed by atoms with E-state index in [1.54, 1.807) is 12.1 Å². The number of rotatable bonds is 3. The highest BCUT2D eigenvalue weighted by atomic mass is 16.5.